The number of rotatable bonds is 7. The molecule has 0 saturated carbocycles. The van der Waals surface area contributed by atoms with Crippen LogP contribution in [0.3, 0.4) is 0 Å². The Morgan fingerprint density at radius 1 is 1.06 bits per heavy atom. The number of amides is 1. The number of para-hydroxylation sites is 2. The van der Waals surface area contributed by atoms with E-state index in [4.69, 9.17) is 16.3 Å². The highest BCUT2D eigenvalue weighted by Crippen LogP contribution is 2.27. The van der Waals surface area contributed by atoms with Crippen LogP contribution in [-0.4, -0.2) is 44.4 Å². The Bertz CT molecular complexity index is 1050. The summed E-state index contributed by atoms with van der Waals surface area (Å²) in [6.45, 7) is 6.28. The van der Waals surface area contributed by atoms with Gasteiger partial charge in [-0.1, -0.05) is 67.5 Å². The van der Waals surface area contributed by atoms with Crippen molar-refractivity contribution in [2.45, 2.75) is 32.0 Å². The van der Waals surface area contributed by atoms with E-state index in [0.717, 1.165) is 18.8 Å². The van der Waals surface area contributed by atoms with Gasteiger partial charge >= 0.3 is 0 Å². The Labute approximate surface area is 197 Å². The molecular formula is C24H27ClN4O2S. The van der Waals surface area contributed by atoms with Gasteiger partial charge in [0.2, 0.25) is 5.91 Å². The predicted molar refractivity (Wildman–Crippen MR) is 127 cm³/mol. The molecule has 8 heteroatoms. The van der Waals surface area contributed by atoms with Crippen LogP contribution in [0.2, 0.25) is 5.02 Å². The molecule has 1 aromatic heterocycles. The third-order valence-electron chi connectivity index (χ3n) is 5.45. The molecule has 0 radical (unpaired) electrons. The zero-order chi connectivity index (χ0) is 22.5. The molecule has 0 spiro atoms. The lowest BCUT2D eigenvalue weighted by atomic mass is 9.92. The molecule has 4 rings (SSSR count). The maximum Gasteiger partial charge on any atom is 0.233 e. The van der Waals surface area contributed by atoms with Gasteiger partial charge < -0.3 is 9.64 Å². The number of thioether (sulfide) groups is 1. The highest BCUT2D eigenvalue weighted by atomic mass is 35.5. The minimum atomic E-state index is 0.143. The zero-order valence-electron chi connectivity index (χ0n) is 18.3. The first-order valence-corrected chi connectivity index (χ1v) is 12.1. The Balaban J connectivity index is 1.50. The molecule has 6 nitrogen and oxygen atoms in total. The van der Waals surface area contributed by atoms with E-state index in [-0.39, 0.29) is 12.5 Å². The predicted octanol–water partition coefficient (Wildman–Crippen LogP) is 5.10. The summed E-state index contributed by atoms with van der Waals surface area (Å²) >= 11 is 7.63. The monoisotopic (exact) mass is 470 g/mol. The number of halogens is 1. The van der Waals surface area contributed by atoms with E-state index in [1.165, 1.54) is 18.2 Å². The highest BCUT2D eigenvalue weighted by molar-refractivity contribution is 7.99. The first kappa shape index (κ1) is 22.7. The molecule has 1 saturated heterocycles. The van der Waals surface area contributed by atoms with Crippen LogP contribution in [-0.2, 0) is 11.4 Å². The van der Waals surface area contributed by atoms with Gasteiger partial charge in [-0.15, -0.1) is 10.2 Å². The maximum absolute atomic E-state index is 12.9. The molecule has 0 aliphatic carbocycles. The number of likely N-dealkylation sites (tertiary alicyclic amines) is 1. The number of carbonyl (C=O) groups excluding carboxylic acids is 1. The van der Waals surface area contributed by atoms with Crippen LogP contribution in [0.5, 0.6) is 5.75 Å². The Hall–Kier alpha value is -2.51. The Morgan fingerprint density at radius 2 is 1.75 bits per heavy atom. The molecule has 1 fully saturated rings. The van der Waals surface area contributed by atoms with Crippen LogP contribution < -0.4 is 4.74 Å². The van der Waals surface area contributed by atoms with Crippen molar-refractivity contribution in [2.24, 2.45) is 11.8 Å². The number of benzene rings is 2. The lowest BCUT2D eigenvalue weighted by Gasteiger charge is -2.34. The van der Waals surface area contributed by atoms with E-state index < -0.39 is 0 Å². The fourth-order valence-electron chi connectivity index (χ4n) is 4.11. The van der Waals surface area contributed by atoms with Crippen molar-refractivity contribution in [2.75, 3.05) is 18.8 Å². The van der Waals surface area contributed by atoms with E-state index in [0.29, 0.717) is 39.3 Å². The molecule has 2 aromatic carbocycles. The number of nitrogens with zero attached hydrogens (tertiary/aromatic N) is 4. The summed E-state index contributed by atoms with van der Waals surface area (Å²) in [6.07, 6.45) is 1.17. The van der Waals surface area contributed by atoms with E-state index in [1.54, 1.807) is 6.07 Å². The number of hydrogen-bond acceptors (Lipinski definition) is 5. The average Bonchev–Trinajstić information content (AvgIpc) is 3.19. The van der Waals surface area contributed by atoms with Gasteiger partial charge in [-0.2, -0.15) is 0 Å². The van der Waals surface area contributed by atoms with Crippen molar-refractivity contribution < 1.29 is 9.53 Å². The summed E-state index contributed by atoms with van der Waals surface area (Å²) in [6, 6.07) is 17.2. The van der Waals surface area contributed by atoms with Crippen LogP contribution in [0.15, 0.2) is 59.8 Å². The van der Waals surface area contributed by atoms with Gasteiger partial charge in [-0.05, 0) is 42.5 Å². The van der Waals surface area contributed by atoms with Crippen molar-refractivity contribution in [3.8, 4) is 11.4 Å². The Morgan fingerprint density at radius 3 is 2.47 bits per heavy atom. The third-order valence-corrected chi connectivity index (χ3v) is 6.68. The van der Waals surface area contributed by atoms with Crippen molar-refractivity contribution in [3.63, 3.8) is 0 Å². The first-order valence-electron chi connectivity index (χ1n) is 10.8. The second-order valence-electron chi connectivity index (χ2n) is 8.32. The van der Waals surface area contributed by atoms with Crippen molar-refractivity contribution in [3.05, 3.63) is 65.4 Å². The summed E-state index contributed by atoms with van der Waals surface area (Å²) in [5.41, 5.74) is 0.922. The summed E-state index contributed by atoms with van der Waals surface area (Å²) in [4.78, 5) is 14.9. The third kappa shape index (κ3) is 5.45. The standard InChI is InChI=1S/C24H27ClN4O2S/c1-17-12-18(2)14-28(13-17)23(30)16-32-24-27-26-22(29(24)19-8-4-3-5-9-19)15-31-21-11-7-6-10-20(21)25/h3-11,17-18H,12-16H2,1-2H3. The van der Waals surface area contributed by atoms with Gasteiger partial charge in [0.05, 0.1) is 10.8 Å². The number of hydrogen-bond donors (Lipinski definition) is 0. The van der Waals surface area contributed by atoms with E-state index in [2.05, 4.69) is 24.0 Å². The summed E-state index contributed by atoms with van der Waals surface area (Å²) < 4.78 is 7.84. The molecule has 1 amide bonds. The average molecular weight is 471 g/mol. The minimum Gasteiger partial charge on any atom is -0.484 e. The molecule has 2 atom stereocenters. The molecule has 1 aliphatic rings. The van der Waals surface area contributed by atoms with Crippen molar-refractivity contribution >= 4 is 29.3 Å². The van der Waals surface area contributed by atoms with E-state index in [9.17, 15) is 4.79 Å². The van der Waals surface area contributed by atoms with E-state index in [1.807, 2.05) is 58.0 Å². The van der Waals surface area contributed by atoms with Crippen LogP contribution >= 0.6 is 23.4 Å². The maximum atomic E-state index is 12.9. The highest BCUT2D eigenvalue weighted by Gasteiger charge is 2.26. The van der Waals surface area contributed by atoms with Gasteiger partial charge in [-0.25, -0.2) is 0 Å². The minimum absolute atomic E-state index is 0.143. The molecule has 0 bridgehead atoms. The quantitative estimate of drug-likeness (QED) is 0.450. The topological polar surface area (TPSA) is 60.3 Å². The second kappa shape index (κ2) is 10.4. The van der Waals surface area contributed by atoms with Crippen molar-refractivity contribution in [1.82, 2.24) is 19.7 Å². The fourth-order valence-corrected chi connectivity index (χ4v) is 5.18. The SMILES string of the molecule is CC1CC(C)CN(C(=O)CSc2nnc(COc3ccccc3Cl)n2-c2ccccc2)C1. The van der Waals surface area contributed by atoms with Crippen LogP contribution in [0, 0.1) is 11.8 Å². The van der Waals surface area contributed by atoms with Gasteiger partial charge in [0.15, 0.2) is 11.0 Å². The van der Waals surface area contributed by atoms with Crippen LogP contribution in [0.1, 0.15) is 26.1 Å². The van der Waals surface area contributed by atoms with Crippen LogP contribution in [0.4, 0.5) is 0 Å². The summed E-state index contributed by atoms with van der Waals surface area (Å²) in [7, 11) is 0. The van der Waals surface area contributed by atoms with Crippen molar-refractivity contribution in [1.29, 1.82) is 0 Å². The summed E-state index contributed by atoms with van der Waals surface area (Å²) in [5.74, 6) is 2.78. The molecule has 0 N–H and O–H groups in total. The number of piperidine rings is 1. The largest absolute Gasteiger partial charge is 0.484 e. The molecular weight excluding hydrogens is 444 g/mol. The van der Waals surface area contributed by atoms with Gasteiger partial charge in [0, 0.05) is 18.8 Å². The zero-order valence-corrected chi connectivity index (χ0v) is 19.9. The smallest absolute Gasteiger partial charge is 0.233 e. The van der Waals surface area contributed by atoms with E-state index >= 15 is 0 Å². The molecule has 3 aromatic rings. The lowest BCUT2D eigenvalue weighted by molar-refractivity contribution is -0.130. The number of ether oxygens (including phenoxy) is 1. The normalized spacial score (nSPS) is 18.5. The molecule has 1 aliphatic heterocycles. The number of carbonyl (C=O) groups is 1. The number of aromatic nitrogens is 3. The molecule has 2 heterocycles. The van der Waals surface area contributed by atoms with Crippen LogP contribution in [0.25, 0.3) is 5.69 Å². The van der Waals surface area contributed by atoms with Gasteiger partial charge in [0.1, 0.15) is 12.4 Å². The molecule has 168 valence electrons. The lowest BCUT2D eigenvalue weighted by Crippen LogP contribution is -2.43. The van der Waals surface area contributed by atoms with Gasteiger partial charge in [-0.3, -0.25) is 9.36 Å². The second-order valence-corrected chi connectivity index (χ2v) is 9.67. The molecule has 32 heavy (non-hydrogen) atoms. The fraction of sp³-hybridized carbons (Fsp3) is 0.375. The Kier molecular flexibility index (Phi) is 7.37. The molecule has 2 unspecified atom stereocenters. The first-order chi connectivity index (χ1) is 15.5. The summed E-state index contributed by atoms with van der Waals surface area (Å²) in [5, 5.41) is 9.93. The van der Waals surface area contributed by atoms with Gasteiger partial charge in [0.25, 0.3) is 0 Å².